The number of amides is 1. The monoisotopic (exact) mass is 304 g/mol. The molecule has 114 valence electrons. The fourth-order valence-corrected chi connectivity index (χ4v) is 5.44. The molecule has 0 radical (unpaired) electrons. The Labute approximate surface area is 130 Å². The number of piperidine rings is 1. The number of aromatic nitrogens is 1. The number of carbonyl (C=O) groups excluding carboxylic acids is 1. The molecular weight excluding hydrogens is 280 g/mol. The molecule has 2 heterocycles. The first-order valence-corrected chi connectivity index (χ1v) is 9.33. The molecule has 4 heteroatoms. The van der Waals surface area contributed by atoms with Gasteiger partial charge in [0.2, 0.25) is 5.91 Å². The first-order valence-electron chi connectivity index (χ1n) is 8.45. The molecule has 0 bridgehead atoms. The van der Waals surface area contributed by atoms with E-state index in [-0.39, 0.29) is 0 Å². The summed E-state index contributed by atoms with van der Waals surface area (Å²) in [6, 6.07) is 0. The lowest BCUT2D eigenvalue weighted by atomic mass is 9.97. The van der Waals surface area contributed by atoms with E-state index in [4.69, 9.17) is 0 Å². The molecule has 2 aliphatic carbocycles. The molecule has 1 aromatic heterocycles. The molecule has 0 N–H and O–H groups in total. The SMILES string of the molecule is Cc1csc(C2CCN(C(=O)C3[C@H]4CCCC[C@H]34)CC2)n1. The summed E-state index contributed by atoms with van der Waals surface area (Å²) in [4.78, 5) is 19.5. The molecule has 4 rings (SSSR count). The molecule has 1 saturated heterocycles. The zero-order valence-electron chi connectivity index (χ0n) is 12.8. The maximum absolute atomic E-state index is 12.7. The lowest BCUT2D eigenvalue weighted by Crippen LogP contribution is -2.39. The van der Waals surface area contributed by atoms with Crippen molar-refractivity contribution in [2.75, 3.05) is 13.1 Å². The Bertz CT molecular complexity index is 521. The van der Waals surface area contributed by atoms with Crippen LogP contribution in [0, 0.1) is 24.7 Å². The van der Waals surface area contributed by atoms with Crippen molar-refractivity contribution in [1.29, 1.82) is 0 Å². The van der Waals surface area contributed by atoms with E-state index < -0.39 is 0 Å². The van der Waals surface area contributed by atoms with Gasteiger partial charge in [-0.1, -0.05) is 12.8 Å². The Morgan fingerprint density at radius 2 is 1.86 bits per heavy atom. The quantitative estimate of drug-likeness (QED) is 0.836. The highest BCUT2D eigenvalue weighted by Crippen LogP contribution is 2.56. The first kappa shape index (κ1) is 13.7. The normalized spacial score (nSPS) is 32.8. The van der Waals surface area contributed by atoms with E-state index in [2.05, 4.69) is 22.2 Å². The van der Waals surface area contributed by atoms with Crippen molar-refractivity contribution in [3.8, 4) is 0 Å². The number of aryl methyl sites for hydroxylation is 1. The zero-order valence-corrected chi connectivity index (χ0v) is 13.6. The predicted octanol–water partition coefficient (Wildman–Crippen LogP) is 3.59. The highest BCUT2D eigenvalue weighted by molar-refractivity contribution is 7.09. The van der Waals surface area contributed by atoms with Crippen molar-refractivity contribution in [1.82, 2.24) is 9.88 Å². The molecule has 3 nitrogen and oxygen atoms in total. The molecule has 1 amide bonds. The lowest BCUT2D eigenvalue weighted by molar-refractivity contribution is -0.134. The number of carbonyl (C=O) groups is 1. The summed E-state index contributed by atoms with van der Waals surface area (Å²) in [7, 11) is 0. The molecule has 3 fully saturated rings. The zero-order chi connectivity index (χ0) is 14.4. The van der Waals surface area contributed by atoms with E-state index in [1.54, 1.807) is 11.3 Å². The molecule has 1 aliphatic heterocycles. The number of hydrogen-bond donors (Lipinski definition) is 0. The van der Waals surface area contributed by atoms with E-state index in [1.807, 2.05) is 0 Å². The van der Waals surface area contributed by atoms with Crippen molar-refractivity contribution < 1.29 is 4.79 Å². The van der Waals surface area contributed by atoms with Crippen LogP contribution in [-0.2, 0) is 4.79 Å². The van der Waals surface area contributed by atoms with Crippen LogP contribution in [0.3, 0.4) is 0 Å². The molecule has 21 heavy (non-hydrogen) atoms. The van der Waals surface area contributed by atoms with Crippen LogP contribution in [0.2, 0.25) is 0 Å². The fraction of sp³-hybridized carbons (Fsp3) is 0.765. The second kappa shape index (κ2) is 5.38. The van der Waals surface area contributed by atoms with E-state index >= 15 is 0 Å². The van der Waals surface area contributed by atoms with E-state index in [0.29, 0.717) is 17.7 Å². The number of fused-ring (bicyclic) bond motifs is 1. The Balaban J connectivity index is 1.34. The first-order chi connectivity index (χ1) is 10.2. The van der Waals surface area contributed by atoms with Gasteiger partial charge >= 0.3 is 0 Å². The lowest BCUT2D eigenvalue weighted by Gasteiger charge is -2.31. The summed E-state index contributed by atoms with van der Waals surface area (Å²) >= 11 is 1.79. The van der Waals surface area contributed by atoms with Crippen LogP contribution in [-0.4, -0.2) is 28.9 Å². The van der Waals surface area contributed by atoms with Gasteiger partial charge in [-0.05, 0) is 44.4 Å². The highest BCUT2D eigenvalue weighted by Gasteiger charge is 2.55. The number of thiazole rings is 1. The van der Waals surface area contributed by atoms with Gasteiger partial charge in [-0.3, -0.25) is 4.79 Å². The van der Waals surface area contributed by atoms with Crippen LogP contribution >= 0.6 is 11.3 Å². The van der Waals surface area contributed by atoms with Crippen molar-refractivity contribution in [2.24, 2.45) is 17.8 Å². The molecule has 2 atom stereocenters. The van der Waals surface area contributed by atoms with Crippen LogP contribution in [0.25, 0.3) is 0 Å². The largest absolute Gasteiger partial charge is 0.342 e. The van der Waals surface area contributed by atoms with Crippen molar-refractivity contribution in [3.05, 3.63) is 16.1 Å². The van der Waals surface area contributed by atoms with Crippen LogP contribution in [0.1, 0.15) is 55.1 Å². The summed E-state index contributed by atoms with van der Waals surface area (Å²) < 4.78 is 0. The maximum atomic E-state index is 12.7. The average molecular weight is 304 g/mol. The summed E-state index contributed by atoms with van der Waals surface area (Å²) in [6.45, 7) is 3.95. The summed E-state index contributed by atoms with van der Waals surface area (Å²) in [5.41, 5.74) is 1.13. The molecular formula is C17H24N2OS. The van der Waals surface area contributed by atoms with E-state index in [9.17, 15) is 4.79 Å². The van der Waals surface area contributed by atoms with Gasteiger partial charge < -0.3 is 4.90 Å². The Kier molecular flexibility index (Phi) is 3.52. The minimum atomic E-state index is 0.395. The van der Waals surface area contributed by atoms with Gasteiger partial charge in [0.25, 0.3) is 0 Å². The van der Waals surface area contributed by atoms with Gasteiger partial charge in [0.15, 0.2) is 0 Å². The average Bonchev–Trinajstić information content (AvgIpc) is 3.10. The number of likely N-dealkylation sites (tertiary alicyclic amines) is 1. The minimum Gasteiger partial charge on any atom is -0.342 e. The number of rotatable bonds is 2. The van der Waals surface area contributed by atoms with Crippen molar-refractivity contribution in [3.63, 3.8) is 0 Å². The van der Waals surface area contributed by atoms with Crippen LogP contribution < -0.4 is 0 Å². The molecule has 0 aromatic carbocycles. The van der Waals surface area contributed by atoms with Crippen molar-refractivity contribution >= 4 is 17.2 Å². The predicted molar refractivity (Wildman–Crippen MR) is 84.3 cm³/mol. The molecule has 0 unspecified atom stereocenters. The molecule has 2 saturated carbocycles. The second-order valence-electron chi connectivity index (χ2n) is 7.06. The summed E-state index contributed by atoms with van der Waals surface area (Å²) in [6.07, 6.45) is 7.49. The summed E-state index contributed by atoms with van der Waals surface area (Å²) in [5.74, 6) is 2.93. The number of hydrogen-bond acceptors (Lipinski definition) is 3. The van der Waals surface area contributed by atoms with Gasteiger partial charge in [0.1, 0.15) is 0 Å². The van der Waals surface area contributed by atoms with Gasteiger partial charge in [-0.15, -0.1) is 11.3 Å². The molecule has 3 aliphatic rings. The minimum absolute atomic E-state index is 0.395. The summed E-state index contributed by atoms with van der Waals surface area (Å²) in [5, 5.41) is 3.42. The van der Waals surface area contributed by atoms with Crippen LogP contribution in [0.15, 0.2) is 5.38 Å². The fourth-order valence-electron chi connectivity index (χ4n) is 4.48. The topological polar surface area (TPSA) is 33.2 Å². The van der Waals surface area contributed by atoms with E-state index in [1.165, 1.54) is 30.7 Å². The molecule has 0 spiro atoms. The Morgan fingerprint density at radius 3 is 2.43 bits per heavy atom. The van der Waals surface area contributed by atoms with Gasteiger partial charge in [-0.25, -0.2) is 4.98 Å². The second-order valence-corrected chi connectivity index (χ2v) is 7.95. The van der Waals surface area contributed by atoms with Crippen LogP contribution in [0.4, 0.5) is 0 Å². The maximum Gasteiger partial charge on any atom is 0.226 e. The highest BCUT2D eigenvalue weighted by atomic mass is 32.1. The van der Waals surface area contributed by atoms with Gasteiger partial charge in [0, 0.05) is 36.0 Å². The third-order valence-corrected chi connectivity index (χ3v) is 6.86. The number of nitrogens with zero attached hydrogens (tertiary/aromatic N) is 2. The molecule has 1 aromatic rings. The third-order valence-electron chi connectivity index (χ3n) is 5.73. The van der Waals surface area contributed by atoms with Crippen LogP contribution in [0.5, 0.6) is 0 Å². The van der Waals surface area contributed by atoms with Gasteiger partial charge in [-0.2, -0.15) is 0 Å². The smallest absolute Gasteiger partial charge is 0.226 e. The Hall–Kier alpha value is -0.900. The van der Waals surface area contributed by atoms with E-state index in [0.717, 1.165) is 43.5 Å². The standard InChI is InChI=1S/C17H24N2OS/c1-11-10-21-16(18-11)12-6-8-19(9-7-12)17(20)15-13-4-2-3-5-14(13)15/h10,12-15H,2-9H2,1H3/t13-,14-/m0/s1. The Morgan fingerprint density at radius 1 is 1.19 bits per heavy atom. The van der Waals surface area contributed by atoms with Crippen molar-refractivity contribution in [2.45, 2.75) is 51.4 Å². The van der Waals surface area contributed by atoms with Gasteiger partial charge in [0.05, 0.1) is 5.01 Å². The third kappa shape index (κ3) is 2.52.